The van der Waals surface area contributed by atoms with Crippen molar-refractivity contribution in [2.24, 2.45) is 10.7 Å². The fraction of sp³-hybridized carbons (Fsp3) is 0.373. The van der Waals surface area contributed by atoms with Crippen LogP contribution in [0.2, 0.25) is 0 Å². The smallest absolute Gasteiger partial charge is 0.408 e. The zero-order valence-electron chi connectivity index (χ0n) is 41.3. The molecular weight excluding hydrogens is 963 g/mol. The Morgan fingerprint density at radius 3 is 1.59 bits per heavy atom. The van der Waals surface area contributed by atoms with Crippen molar-refractivity contribution in [1.82, 2.24) is 32.0 Å². The third-order valence-corrected chi connectivity index (χ3v) is 10.1. The fourth-order valence-corrected chi connectivity index (χ4v) is 6.51. The number of hydrazine groups is 1. The summed E-state index contributed by atoms with van der Waals surface area (Å²) in [6, 6.07) is 29.5. The molecule has 0 aromatic heterocycles. The third-order valence-electron chi connectivity index (χ3n) is 10.1. The number of benzene rings is 4. The van der Waals surface area contributed by atoms with Crippen LogP contribution in [0.15, 0.2) is 126 Å². The lowest BCUT2D eigenvalue weighted by Crippen LogP contribution is -2.57. The average Bonchev–Trinajstić information content (AvgIpc) is 3.37. The molecule has 23 nitrogen and oxygen atoms in total. The molecule has 0 heterocycles. The minimum absolute atomic E-state index is 0.0106. The summed E-state index contributed by atoms with van der Waals surface area (Å²) in [6.07, 6.45) is -1.85. The van der Waals surface area contributed by atoms with Crippen molar-refractivity contribution in [3.05, 3.63) is 154 Å². The normalized spacial score (nSPS) is 12.8. The van der Waals surface area contributed by atoms with Crippen LogP contribution in [-0.2, 0) is 78.9 Å². The summed E-state index contributed by atoms with van der Waals surface area (Å²) in [4.78, 5) is 110. The predicted octanol–water partition coefficient (Wildman–Crippen LogP) is 2.64. The zero-order valence-corrected chi connectivity index (χ0v) is 41.3. The number of carbonyl (C=O) groups excluding carboxylic acids is 7. The number of carbonyl (C=O) groups is 7. The summed E-state index contributed by atoms with van der Waals surface area (Å²) in [5, 5.41) is 22.3. The van der Waals surface area contributed by atoms with E-state index in [4.69, 9.17) is 29.4 Å². The van der Waals surface area contributed by atoms with E-state index < -0.39 is 95.4 Å². The highest BCUT2D eigenvalue weighted by Gasteiger charge is 2.32. The molecule has 396 valence electrons. The molecule has 23 heteroatoms. The van der Waals surface area contributed by atoms with E-state index in [9.17, 15) is 43.7 Å². The molecule has 0 aliphatic carbocycles. The molecule has 74 heavy (non-hydrogen) atoms. The quantitative estimate of drug-likeness (QED) is 0.00782. The van der Waals surface area contributed by atoms with Crippen LogP contribution in [0.5, 0.6) is 0 Å². The van der Waals surface area contributed by atoms with Gasteiger partial charge in [0, 0.05) is 6.54 Å². The Kier molecular flexibility index (Phi) is 24.4. The fourth-order valence-electron chi connectivity index (χ4n) is 6.51. The molecule has 8 N–H and O–H groups in total. The molecule has 0 unspecified atom stereocenters. The average molecular weight is 1030 g/mol. The molecule has 4 rings (SSSR count). The second-order valence-corrected chi connectivity index (χ2v) is 17.4. The predicted molar refractivity (Wildman–Crippen MR) is 267 cm³/mol. The van der Waals surface area contributed by atoms with Crippen molar-refractivity contribution < 1.29 is 62.3 Å². The van der Waals surface area contributed by atoms with E-state index in [1.54, 1.807) is 135 Å². The Labute approximate surface area is 427 Å². The van der Waals surface area contributed by atoms with Gasteiger partial charge in [-0.1, -0.05) is 127 Å². The number of nitrogens with zero attached hydrogens (tertiary/aromatic N) is 2. The Morgan fingerprint density at radius 1 is 0.608 bits per heavy atom. The van der Waals surface area contributed by atoms with E-state index >= 15 is 0 Å². The SMILES string of the molecule is CC(C)(C)OC(=O)N[C@@H](COCc1ccccc1)C(=O)N[C@@H](CCCN=C(N)N[N+](=O)[O-])C(=O)NCC(=O)N[C@@H](CC(=O)OCc1ccccc1)C(=O)N[C@@H](COCc1ccccc1)C(=O)OCc1ccccc1. The molecule has 0 bridgehead atoms. The van der Waals surface area contributed by atoms with E-state index in [-0.39, 0.29) is 59.0 Å². The first kappa shape index (κ1) is 58.1. The summed E-state index contributed by atoms with van der Waals surface area (Å²) >= 11 is 0. The zero-order chi connectivity index (χ0) is 53.7. The third kappa shape index (κ3) is 23.6. The number of rotatable bonds is 29. The number of alkyl carbamates (subject to hydrolysis) is 1. The molecular formula is C51H63N9O14. The summed E-state index contributed by atoms with van der Waals surface area (Å²) in [7, 11) is 0. The van der Waals surface area contributed by atoms with Crippen LogP contribution in [0.25, 0.3) is 0 Å². The number of esters is 2. The minimum atomic E-state index is -1.68. The topological polar surface area (TPSA) is 319 Å². The van der Waals surface area contributed by atoms with Gasteiger partial charge in [-0.3, -0.25) is 24.0 Å². The van der Waals surface area contributed by atoms with E-state index in [1.165, 1.54) is 0 Å². The van der Waals surface area contributed by atoms with Crippen LogP contribution in [-0.4, -0.2) is 109 Å². The van der Waals surface area contributed by atoms with Crippen LogP contribution in [0.4, 0.5) is 4.79 Å². The number of nitro groups is 1. The number of hydrogen-bond donors (Lipinski definition) is 7. The lowest BCUT2D eigenvalue weighted by molar-refractivity contribution is -0.525. The molecule has 0 aliphatic rings. The first-order valence-corrected chi connectivity index (χ1v) is 23.5. The lowest BCUT2D eigenvalue weighted by Gasteiger charge is -2.25. The second-order valence-electron chi connectivity index (χ2n) is 17.4. The van der Waals surface area contributed by atoms with Gasteiger partial charge in [0.25, 0.3) is 5.96 Å². The highest BCUT2D eigenvalue weighted by atomic mass is 16.7. The summed E-state index contributed by atoms with van der Waals surface area (Å²) < 4.78 is 27.9. The van der Waals surface area contributed by atoms with Crippen LogP contribution in [0, 0.1) is 10.1 Å². The molecule has 4 aromatic carbocycles. The van der Waals surface area contributed by atoms with Gasteiger partial charge in [-0.2, -0.15) is 0 Å². The molecule has 5 amide bonds. The van der Waals surface area contributed by atoms with Crippen molar-refractivity contribution in [1.29, 1.82) is 0 Å². The number of guanidine groups is 1. The van der Waals surface area contributed by atoms with E-state index in [2.05, 4.69) is 31.6 Å². The molecule has 0 saturated carbocycles. The maximum absolute atomic E-state index is 14.1. The summed E-state index contributed by atoms with van der Waals surface area (Å²) in [5.74, 6) is -6.08. The maximum atomic E-state index is 14.1. The van der Waals surface area contributed by atoms with Crippen molar-refractivity contribution in [3.8, 4) is 0 Å². The van der Waals surface area contributed by atoms with E-state index in [0.717, 1.165) is 11.1 Å². The van der Waals surface area contributed by atoms with E-state index in [0.29, 0.717) is 11.1 Å². The van der Waals surface area contributed by atoms with Gasteiger partial charge >= 0.3 is 18.0 Å². The highest BCUT2D eigenvalue weighted by molar-refractivity contribution is 5.96. The Morgan fingerprint density at radius 2 is 1.08 bits per heavy atom. The van der Waals surface area contributed by atoms with Gasteiger partial charge in [-0.15, -0.1) is 0 Å². The number of nitrogens with two attached hydrogens (primary N) is 1. The van der Waals surface area contributed by atoms with Gasteiger partial charge < -0.3 is 56.0 Å². The van der Waals surface area contributed by atoms with Crippen LogP contribution in [0.1, 0.15) is 62.3 Å². The highest BCUT2D eigenvalue weighted by Crippen LogP contribution is 2.11. The van der Waals surface area contributed by atoms with Crippen molar-refractivity contribution in [2.45, 2.75) is 96.2 Å². The lowest BCUT2D eigenvalue weighted by atomic mass is 10.1. The largest absolute Gasteiger partial charge is 0.461 e. The van der Waals surface area contributed by atoms with Gasteiger partial charge in [-0.05, 0) is 55.9 Å². The summed E-state index contributed by atoms with van der Waals surface area (Å²) in [5.41, 5.74) is 9.14. The van der Waals surface area contributed by atoms with Gasteiger partial charge in [0.05, 0.1) is 39.4 Å². The Bertz CT molecular complexity index is 2460. The molecule has 0 saturated heterocycles. The number of hydrogen-bond acceptors (Lipinski definition) is 15. The van der Waals surface area contributed by atoms with Crippen LogP contribution >= 0.6 is 0 Å². The number of aliphatic imine (C=N–C) groups is 1. The van der Waals surface area contributed by atoms with Gasteiger partial charge in [0.15, 0.2) is 11.1 Å². The standard InChI is InChI=1S/C51H63N9O14/c1-51(2,3)74-50(67)58-41(33-70-29-35-17-8-4-9-18-35)47(65)56-39(25-16-26-53-49(52)59-60(68)69)45(63)54-28-43(61)55-40(27-44(62)72-31-37-21-12-6-13-22-37)46(64)57-42(34-71-30-36-19-10-5-11-20-36)48(66)73-32-38-23-14-7-15-24-38/h4-15,17-24,39-42H,16,25-34H2,1-3H3,(H,54,63)(H,55,61)(H,56,65)(H,57,64)(H,58,67)(H3,52,53,59)/t39-,40-,41-,42-/m0/s1. The molecule has 0 radical (unpaired) electrons. The molecule has 0 fully saturated rings. The summed E-state index contributed by atoms with van der Waals surface area (Å²) in [6.45, 7) is 2.99. The van der Waals surface area contributed by atoms with Gasteiger partial charge in [-0.25, -0.2) is 24.7 Å². The first-order valence-electron chi connectivity index (χ1n) is 23.5. The van der Waals surface area contributed by atoms with Crippen LogP contribution < -0.4 is 37.7 Å². The molecule has 4 atom stereocenters. The molecule has 0 aliphatic heterocycles. The monoisotopic (exact) mass is 1030 g/mol. The minimum Gasteiger partial charge on any atom is -0.461 e. The number of amides is 5. The second kappa shape index (κ2) is 31.1. The molecule has 0 spiro atoms. The van der Waals surface area contributed by atoms with Crippen molar-refractivity contribution in [2.75, 3.05) is 26.3 Å². The maximum Gasteiger partial charge on any atom is 0.408 e. The van der Waals surface area contributed by atoms with Gasteiger partial charge in [0.2, 0.25) is 23.6 Å². The Balaban J connectivity index is 1.52. The first-order chi connectivity index (χ1) is 35.4. The van der Waals surface area contributed by atoms with E-state index in [1.807, 2.05) is 12.1 Å². The molecule has 4 aromatic rings. The van der Waals surface area contributed by atoms with Crippen molar-refractivity contribution >= 4 is 47.6 Å². The number of nitrogens with one attached hydrogen (secondary N) is 6. The Hall–Kier alpha value is -8.44. The van der Waals surface area contributed by atoms with Gasteiger partial charge in [0.1, 0.15) is 36.9 Å². The van der Waals surface area contributed by atoms with Crippen molar-refractivity contribution in [3.63, 3.8) is 0 Å². The van der Waals surface area contributed by atoms with Crippen LogP contribution in [0.3, 0.4) is 0 Å². The number of ether oxygens (including phenoxy) is 5.